The summed E-state index contributed by atoms with van der Waals surface area (Å²) in [6.07, 6.45) is 10.4. The van der Waals surface area contributed by atoms with Crippen LogP contribution < -0.4 is 38.4 Å². The van der Waals surface area contributed by atoms with E-state index in [1.165, 1.54) is 31.4 Å². The molecular formula is C36H52N10O5. The van der Waals surface area contributed by atoms with E-state index < -0.39 is 23.0 Å². The number of carboxylic acids is 1. The molecule has 5 heterocycles. The van der Waals surface area contributed by atoms with E-state index in [0.29, 0.717) is 32.7 Å². The van der Waals surface area contributed by atoms with Crippen molar-refractivity contribution in [2.45, 2.75) is 57.8 Å². The minimum absolute atomic E-state index is 0.00691. The Labute approximate surface area is 297 Å². The normalized spacial score (nSPS) is 18.3. The molecule has 4 aromatic rings. The van der Waals surface area contributed by atoms with Crippen LogP contribution in [0.15, 0.2) is 26.8 Å². The minimum Gasteiger partial charge on any atom is -0.478 e. The number of aromatic nitrogens is 1. The molecule has 15 nitrogen and oxygen atoms in total. The molecule has 0 aliphatic carbocycles. The van der Waals surface area contributed by atoms with Gasteiger partial charge >= 0.3 is 5.97 Å². The molecule has 1 amide bonds. The van der Waals surface area contributed by atoms with Crippen LogP contribution in [-0.2, 0) is 0 Å². The average Bonchev–Trinajstić information content (AvgIpc) is 3.35. The molecule has 0 spiro atoms. The number of amidine groups is 1. The first-order chi connectivity index (χ1) is 24.8. The Bertz CT molecular complexity index is 1830. The van der Waals surface area contributed by atoms with Gasteiger partial charge in [-0.1, -0.05) is 19.3 Å². The monoisotopic (exact) mass is 704 g/mol. The van der Waals surface area contributed by atoms with Crippen LogP contribution in [0.1, 0.15) is 84.1 Å². The van der Waals surface area contributed by atoms with Gasteiger partial charge in [0.2, 0.25) is 0 Å². The second-order valence-electron chi connectivity index (χ2n) is 13.9. The Morgan fingerprint density at radius 2 is 1.20 bits per heavy atom. The Hall–Kier alpha value is -4.31. The van der Waals surface area contributed by atoms with Crippen LogP contribution in [0.4, 0.5) is 5.69 Å². The lowest BCUT2D eigenvalue weighted by Crippen LogP contribution is -2.43. The standard InChI is InChI=1S/C36H52N10O5/c37-32(42-39-13-22-45-17-6-2-7-18-45)29-27-25-11-10-24(33(47)41-34(25)48)26(27)28(35(49)43-40-14-23-46-19-8-3-9-20-46)30(36(50)51)31(29)38-12-21-44-15-4-1-5-16-44/h10-11,38-40H,1-9,12-23H2,(H2,37,42)(H,43,49)(H,50,51)(H,41,47,48). The lowest BCUT2D eigenvalue weighted by molar-refractivity contribution is 0.0691. The van der Waals surface area contributed by atoms with Crippen LogP contribution in [0.3, 0.4) is 0 Å². The summed E-state index contributed by atoms with van der Waals surface area (Å²) in [5.41, 5.74) is 13.7. The molecular weight excluding hydrogens is 652 g/mol. The number of anilines is 1. The van der Waals surface area contributed by atoms with Crippen LogP contribution >= 0.6 is 0 Å². The predicted octanol–water partition coefficient (Wildman–Crippen LogP) is 1.49. The number of aromatic carboxylic acids is 1. The highest BCUT2D eigenvalue weighted by atomic mass is 16.4. The molecule has 3 aliphatic rings. The number of H-pyrrole nitrogens is 1. The number of piperidine rings is 3. The fourth-order valence-electron chi connectivity index (χ4n) is 7.82. The lowest BCUT2D eigenvalue weighted by Gasteiger charge is -2.27. The molecule has 3 aliphatic heterocycles. The van der Waals surface area contributed by atoms with Gasteiger partial charge in [0.1, 0.15) is 0 Å². The van der Waals surface area contributed by atoms with E-state index in [2.05, 4.69) is 46.4 Å². The van der Waals surface area contributed by atoms with Gasteiger partial charge in [0.25, 0.3) is 17.0 Å². The van der Waals surface area contributed by atoms with E-state index in [1.807, 2.05) is 0 Å². The summed E-state index contributed by atoms with van der Waals surface area (Å²) in [7, 11) is 0. The number of nitrogens with zero attached hydrogens (tertiary/aromatic N) is 4. The summed E-state index contributed by atoms with van der Waals surface area (Å²) in [5, 5.41) is 18.9. The quantitative estimate of drug-likeness (QED) is 0.0521. The van der Waals surface area contributed by atoms with E-state index in [4.69, 9.17) is 5.73 Å². The number of nitrogens with two attached hydrogens (primary N) is 1. The first-order valence-corrected chi connectivity index (χ1v) is 18.6. The second-order valence-corrected chi connectivity index (χ2v) is 13.9. The second kappa shape index (κ2) is 17.3. The molecule has 51 heavy (non-hydrogen) atoms. The van der Waals surface area contributed by atoms with Crippen molar-refractivity contribution in [3.8, 4) is 0 Å². The van der Waals surface area contributed by atoms with E-state index in [-0.39, 0.29) is 49.8 Å². The van der Waals surface area contributed by atoms with E-state index in [0.717, 1.165) is 84.3 Å². The molecule has 276 valence electrons. The molecule has 2 aromatic heterocycles. The number of carboxylic acid groups (broad SMARTS) is 1. The largest absolute Gasteiger partial charge is 0.478 e. The van der Waals surface area contributed by atoms with Gasteiger partial charge in [-0.25, -0.2) is 10.2 Å². The number of amides is 1. The first-order valence-electron chi connectivity index (χ1n) is 18.6. The number of aromatic amines is 1. The molecule has 0 unspecified atom stereocenters. The fourth-order valence-corrected chi connectivity index (χ4v) is 7.82. The highest BCUT2D eigenvalue weighted by Gasteiger charge is 2.32. The molecule has 0 atom stereocenters. The summed E-state index contributed by atoms with van der Waals surface area (Å²) in [6, 6.07) is 2.95. The summed E-state index contributed by atoms with van der Waals surface area (Å²) in [4.78, 5) is 63.6. The molecule has 7 rings (SSSR count). The first kappa shape index (κ1) is 36.5. The third kappa shape index (κ3) is 8.60. The van der Waals surface area contributed by atoms with Crippen molar-refractivity contribution in [1.29, 1.82) is 0 Å². The number of hydrogen-bond donors (Lipinski definition) is 7. The maximum atomic E-state index is 14.2. The van der Waals surface area contributed by atoms with Crippen LogP contribution in [0.5, 0.6) is 0 Å². The third-order valence-corrected chi connectivity index (χ3v) is 10.4. The van der Waals surface area contributed by atoms with Crippen molar-refractivity contribution >= 4 is 44.9 Å². The van der Waals surface area contributed by atoms with Gasteiger partial charge in [0.15, 0.2) is 5.84 Å². The number of rotatable bonds is 15. The number of benzene rings is 2. The zero-order valence-corrected chi connectivity index (χ0v) is 29.5. The van der Waals surface area contributed by atoms with Crippen molar-refractivity contribution in [3.05, 3.63) is 49.5 Å². The van der Waals surface area contributed by atoms with Gasteiger partial charge < -0.3 is 36.3 Å². The number of carbonyl (C=O) groups excluding carboxylic acids is 1. The van der Waals surface area contributed by atoms with Gasteiger partial charge in [-0.15, -0.1) is 0 Å². The molecule has 0 saturated carbocycles. The number of nitrogens with one attached hydrogen (secondary N) is 5. The summed E-state index contributed by atoms with van der Waals surface area (Å²) >= 11 is 0. The molecule has 3 saturated heterocycles. The Morgan fingerprint density at radius 1 is 0.706 bits per heavy atom. The molecule has 0 radical (unpaired) electrons. The molecule has 3 fully saturated rings. The lowest BCUT2D eigenvalue weighted by atomic mass is 9.88. The maximum absolute atomic E-state index is 14.2. The number of carbonyl (C=O) groups is 2. The van der Waals surface area contributed by atoms with E-state index in [1.54, 1.807) is 0 Å². The number of fused-ring (bicyclic) bond motifs is 3. The van der Waals surface area contributed by atoms with E-state index >= 15 is 0 Å². The highest BCUT2D eigenvalue weighted by molar-refractivity contribution is 6.30. The van der Waals surface area contributed by atoms with Crippen molar-refractivity contribution in [1.82, 2.24) is 36.0 Å². The summed E-state index contributed by atoms with van der Waals surface area (Å²) < 4.78 is 0. The van der Waals surface area contributed by atoms with Crippen molar-refractivity contribution in [2.24, 2.45) is 10.8 Å². The van der Waals surface area contributed by atoms with Crippen molar-refractivity contribution in [2.75, 3.05) is 83.9 Å². The number of likely N-dealkylation sites (tertiary alicyclic amines) is 3. The van der Waals surface area contributed by atoms with Gasteiger partial charge in [0, 0.05) is 60.8 Å². The molecule has 15 heteroatoms. The van der Waals surface area contributed by atoms with Crippen LogP contribution in [0.2, 0.25) is 0 Å². The molecule has 2 bridgehead atoms. The molecule has 8 N–H and O–H groups in total. The highest BCUT2D eigenvalue weighted by Crippen LogP contribution is 2.38. The van der Waals surface area contributed by atoms with Crippen LogP contribution in [0, 0.1) is 0 Å². The predicted molar refractivity (Wildman–Crippen MR) is 200 cm³/mol. The number of hydrogen-bond acceptors (Lipinski definition) is 11. The van der Waals surface area contributed by atoms with Crippen molar-refractivity contribution in [3.63, 3.8) is 0 Å². The zero-order chi connectivity index (χ0) is 35.7. The van der Waals surface area contributed by atoms with Gasteiger partial charge in [0.05, 0.1) is 22.4 Å². The van der Waals surface area contributed by atoms with Crippen molar-refractivity contribution < 1.29 is 14.7 Å². The Kier molecular flexibility index (Phi) is 12.4. The smallest absolute Gasteiger partial charge is 0.338 e. The van der Waals surface area contributed by atoms with Crippen LogP contribution in [0.25, 0.3) is 21.5 Å². The maximum Gasteiger partial charge on any atom is 0.338 e. The van der Waals surface area contributed by atoms with Crippen LogP contribution in [-0.4, -0.2) is 121 Å². The Balaban J connectivity index is 1.43. The summed E-state index contributed by atoms with van der Waals surface area (Å²) in [6.45, 7) is 9.28. The minimum atomic E-state index is -1.38. The zero-order valence-electron chi connectivity index (χ0n) is 29.5. The topological polar surface area (TPSA) is 201 Å². The number of hydrazone groups is 1. The fraction of sp³-hybridized carbons (Fsp3) is 0.583. The van der Waals surface area contributed by atoms with Gasteiger partial charge in [-0.3, -0.25) is 24.8 Å². The SMILES string of the molecule is NC(=NNCCN1CCCCC1)c1c(NCCN2CCCCC2)c(C(=O)O)c(C(=O)NNCCN2CCCCC2)c2c3ccc(c(=O)[nH]c3=O)c12. The van der Waals surface area contributed by atoms with Gasteiger partial charge in [-0.2, -0.15) is 5.10 Å². The van der Waals surface area contributed by atoms with E-state index in [9.17, 15) is 24.3 Å². The molecule has 2 aromatic carbocycles. The number of hydrazine groups is 1. The third-order valence-electron chi connectivity index (χ3n) is 10.4. The Morgan fingerprint density at radius 3 is 1.73 bits per heavy atom. The summed E-state index contributed by atoms with van der Waals surface area (Å²) in [5.74, 6) is -2.18. The average molecular weight is 705 g/mol. The van der Waals surface area contributed by atoms with Gasteiger partial charge in [-0.05, 0) is 89.9 Å².